The van der Waals surface area contributed by atoms with Gasteiger partial charge in [0, 0.05) is 19.3 Å². The van der Waals surface area contributed by atoms with Crippen molar-refractivity contribution in [2.45, 2.75) is 44.9 Å². The number of terminal acetylenes is 1. The first-order valence-corrected chi connectivity index (χ1v) is 4.78. The summed E-state index contributed by atoms with van der Waals surface area (Å²) in [6, 6.07) is 0. The van der Waals surface area contributed by atoms with Crippen molar-refractivity contribution in [3.63, 3.8) is 0 Å². The molecule has 1 rings (SSSR count). The van der Waals surface area contributed by atoms with Crippen molar-refractivity contribution in [2.24, 2.45) is 5.92 Å². The fourth-order valence-corrected chi connectivity index (χ4v) is 1.78. The first kappa shape index (κ1) is 9.32. The van der Waals surface area contributed by atoms with Crippen molar-refractivity contribution in [1.82, 2.24) is 0 Å². The maximum Gasteiger partial charge on any atom is 0.132 e. The third-order valence-corrected chi connectivity index (χ3v) is 2.60. The molecule has 0 bridgehead atoms. The molecule has 0 amide bonds. The molecule has 0 spiro atoms. The minimum absolute atomic E-state index is 0.447. The third kappa shape index (κ3) is 3.09. The SMILES string of the molecule is C#CCCCC1CCC(=O)CC1. The average Bonchev–Trinajstić information content (AvgIpc) is 2.09. The van der Waals surface area contributed by atoms with Gasteiger partial charge in [-0.2, -0.15) is 0 Å². The molecule has 0 N–H and O–H groups in total. The van der Waals surface area contributed by atoms with E-state index in [9.17, 15) is 4.79 Å². The van der Waals surface area contributed by atoms with Crippen LogP contribution in [0.4, 0.5) is 0 Å². The van der Waals surface area contributed by atoms with Crippen LogP contribution in [0.25, 0.3) is 0 Å². The molecule has 66 valence electrons. The molecule has 0 atom stereocenters. The van der Waals surface area contributed by atoms with Crippen molar-refractivity contribution < 1.29 is 4.79 Å². The summed E-state index contributed by atoms with van der Waals surface area (Å²) in [4.78, 5) is 10.9. The Labute approximate surface area is 74.5 Å². The lowest BCUT2D eigenvalue weighted by atomic mass is 9.85. The highest BCUT2D eigenvalue weighted by Crippen LogP contribution is 2.25. The summed E-state index contributed by atoms with van der Waals surface area (Å²) in [5.41, 5.74) is 0. The van der Waals surface area contributed by atoms with Crippen LogP contribution >= 0.6 is 0 Å². The van der Waals surface area contributed by atoms with E-state index >= 15 is 0 Å². The van der Waals surface area contributed by atoms with Gasteiger partial charge >= 0.3 is 0 Å². The predicted octanol–water partition coefficient (Wildman–Crippen LogP) is 2.55. The van der Waals surface area contributed by atoms with Crippen molar-refractivity contribution in [3.05, 3.63) is 0 Å². The van der Waals surface area contributed by atoms with Gasteiger partial charge in [-0.25, -0.2) is 0 Å². The van der Waals surface area contributed by atoms with Crippen LogP contribution in [-0.2, 0) is 4.79 Å². The summed E-state index contributed by atoms with van der Waals surface area (Å²) in [6.45, 7) is 0. The molecule has 1 saturated carbocycles. The molecule has 1 heteroatoms. The number of hydrogen-bond donors (Lipinski definition) is 0. The fourth-order valence-electron chi connectivity index (χ4n) is 1.78. The monoisotopic (exact) mass is 164 g/mol. The lowest BCUT2D eigenvalue weighted by Crippen LogP contribution is -2.13. The number of unbranched alkanes of at least 4 members (excludes halogenated alkanes) is 1. The van der Waals surface area contributed by atoms with Gasteiger partial charge in [-0.3, -0.25) is 4.79 Å². The Morgan fingerprint density at radius 2 is 2.08 bits per heavy atom. The topological polar surface area (TPSA) is 17.1 Å². The number of Topliss-reactive ketones (excluding diaryl/α,β-unsaturated/α-hetero) is 1. The normalized spacial score (nSPS) is 19.1. The quantitative estimate of drug-likeness (QED) is 0.463. The molecule has 0 radical (unpaired) electrons. The molecule has 1 nitrogen and oxygen atoms in total. The van der Waals surface area contributed by atoms with E-state index in [2.05, 4.69) is 5.92 Å². The van der Waals surface area contributed by atoms with Crippen molar-refractivity contribution in [1.29, 1.82) is 0 Å². The van der Waals surface area contributed by atoms with E-state index < -0.39 is 0 Å². The molecule has 1 fully saturated rings. The minimum atomic E-state index is 0.447. The van der Waals surface area contributed by atoms with Crippen LogP contribution < -0.4 is 0 Å². The summed E-state index contributed by atoms with van der Waals surface area (Å²) >= 11 is 0. The van der Waals surface area contributed by atoms with Gasteiger partial charge in [-0.1, -0.05) is 0 Å². The highest BCUT2D eigenvalue weighted by atomic mass is 16.1. The van der Waals surface area contributed by atoms with Gasteiger partial charge < -0.3 is 0 Å². The molecular weight excluding hydrogens is 148 g/mol. The van der Waals surface area contributed by atoms with Crippen LogP contribution in [0.15, 0.2) is 0 Å². The number of rotatable bonds is 3. The van der Waals surface area contributed by atoms with Crippen molar-refractivity contribution in [2.75, 3.05) is 0 Å². The van der Waals surface area contributed by atoms with Gasteiger partial charge in [0.1, 0.15) is 5.78 Å². The lowest BCUT2D eigenvalue weighted by Gasteiger charge is -2.19. The summed E-state index contributed by atoms with van der Waals surface area (Å²) < 4.78 is 0. The van der Waals surface area contributed by atoms with Crippen molar-refractivity contribution in [3.8, 4) is 12.3 Å². The van der Waals surface area contributed by atoms with Gasteiger partial charge in [0.15, 0.2) is 0 Å². The molecule has 0 aliphatic heterocycles. The zero-order valence-electron chi connectivity index (χ0n) is 7.51. The molecule has 1 aliphatic rings. The Bertz CT molecular complexity index is 178. The van der Waals surface area contributed by atoms with E-state index in [0.717, 1.165) is 44.4 Å². The molecule has 0 aromatic rings. The molecule has 0 saturated heterocycles. The largest absolute Gasteiger partial charge is 0.300 e. The number of hydrogen-bond acceptors (Lipinski definition) is 1. The van der Waals surface area contributed by atoms with Gasteiger partial charge in [-0.05, 0) is 31.6 Å². The highest BCUT2D eigenvalue weighted by molar-refractivity contribution is 5.78. The minimum Gasteiger partial charge on any atom is -0.300 e. The van der Waals surface area contributed by atoms with E-state index in [1.807, 2.05) is 0 Å². The Balaban J connectivity index is 2.10. The van der Waals surface area contributed by atoms with Gasteiger partial charge in [-0.15, -0.1) is 12.3 Å². The number of ketones is 1. The van der Waals surface area contributed by atoms with Crippen LogP contribution in [0.5, 0.6) is 0 Å². The summed E-state index contributed by atoms with van der Waals surface area (Å²) in [7, 11) is 0. The molecule has 1 aliphatic carbocycles. The van der Waals surface area contributed by atoms with Crippen LogP contribution in [0.2, 0.25) is 0 Å². The Morgan fingerprint density at radius 3 is 2.67 bits per heavy atom. The molecule has 0 aromatic heterocycles. The highest BCUT2D eigenvalue weighted by Gasteiger charge is 2.17. The van der Waals surface area contributed by atoms with Crippen LogP contribution in [-0.4, -0.2) is 5.78 Å². The zero-order valence-corrected chi connectivity index (χ0v) is 7.51. The van der Waals surface area contributed by atoms with E-state index in [1.165, 1.54) is 6.42 Å². The fraction of sp³-hybridized carbons (Fsp3) is 0.727. The summed E-state index contributed by atoms with van der Waals surface area (Å²) in [5.74, 6) is 3.87. The van der Waals surface area contributed by atoms with E-state index in [0.29, 0.717) is 5.78 Å². The second-order valence-electron chi connectivity index (χ2n) is 3.58. The van der Waals surface area contributed by atoms with Gasteiger partial charge in [0.25, 0.3) is 0 Å². The molecular formula is C11H16O. The maximum absolute atomic E-state index is 10.9. The average molecular weight is 164 g/mol. The molecule has 0 unspecified atom stereocenters. The van der Waals surface area contributed by atoms with Gasteiger partial charge in [0.2, 0.25) is 0 Å². The Hall–Kier alpha value is -0.770. The van der Waals surface area contributed by atoms with E-state index in [1.54, 1.807) is 0 Å². The standard InChI is InChI=1S/C11H16O/c1-2-3-4-5-10-6-8-11(12)9-7-10/h1,10H,3-9H2. The molecule has 0 aromatic carbocycles. The van der Waals surface area contributed by atoms with Crippen molar-refractivity contribution >= 4 is 5.78 Å². The zero-order chi connectivity index (χ0) is 8.81. The summed E-state index contributed by atoms with van der Waals surface area (Å²) in [6.07, 6.45) is 12.2. The van der Waals surface area contributed by atoms with Gasteiger partial charge in [0.05, 0.1) is 0 Å². The molecule has 0 heterocycles. The van der Waals surface area contributed by atoms with Crippen LogP contribution in [0, 0.1) is 18.3 Å². The van der Waals surface area contributed by atoms with Crippen LogP contribution in [0.1, 0.15) is 44.9 Å². The lowest BCUT2D eigenvalue weighted by molar-refractivity contribution is -0.121. The van der Waals surface area contributed by atoms with Crippen LogP contribution in [0.3, 0.4) is 0 Å². The number of carbonyl (C=O) groups is 1. The molecule has 12 heavy (non-hydrogen) atoms. The summed E-state index contributed by atoms with van der Waals surface area (Å²) in [5, 5.41) is 0. The number of carbonyl (C=O) groups excluding carboxylic acids is 1. The van der Waals surface area contributed by atoms with E-state index in [4.69, 9.17) is 6.42 Å². The first-order chi connectivity index (χ1) is 5.83. The van der Waals surface area contributed by atoms with E-state index in [-0.39, 0.29) is 0 Å². The smallest absolute Gasteiger partial charge is 0.132 e. The second-order valence-corrected chi connectivity index (χ2v) is 3.58. The maximum atomic E-state index is 10.9. The Kier molecular flexibility index (Phi) is 3.87. The second kappa shape index (κ2) is 4.98. The third-order valence-electron chi connectivity index (χ3n) is 2.60. The first-order valence-electron chi connectivity index (χ1n) is 4.78. The predicted molar refractivity (Wildman–Crippen MR) is 49.6 cm³/mol. The Morgan fingerprint density at radius 1 is 1.42 bits per heavy atom.